The van der Waals surface area contributed by atoms with Crippen LogP contribution in [0.3, 0.4) is 0 Å². The van der Waals surface area contributed by atoms with Crippen molar-refractivity contribution in [2.24, 2.45) is 0 Å². The Hall–Kier alpha value is -10.4. The minimum atomic E-state index is 0.427. The summed E-state index contributed by atoms with van der Waals surface area (Å²) in [6.45, 7) is 0. The summed E-state index contributed by atoms with van der Waals surface area (Å²) in [5, 5.41) is 4.45. The molecule has 0 aliphatic carbocycles. The first-order valence-corrected chi connectivity index (χ1v) is 23.5. The van der Waals surface area contributed by atoms with E-state index in [4.69, 9.17) is 29.9 Å². The van der Waals surface area contributed by atoms with Gasteiger partial charge in [-0.05, 0) is 80.2 Å². The largest absolute Gasteiger partial charge is 0.345 e. The summed E-state index contributed by atoms with van der Waals surface area (Å²) in [6.07, 6.45) is 20.7. The first-order chi connectivity index (χ1) is 36.2. The number of aromatic amines is 1. The second-order valence-electron chi connectivity index (χ2n) is 17.0. The third kappa shape index (κ3) is 7.98. The molecule has 0 amide bonds. The number of pyridine rings is 3. The number of nitrogens with one attached hydrogen (secondary N) is 1. The highest BCUT2D eigenvalue weighted by molar-refractivity contribution is 6.13. The van der Waals surface area contributed by atoms with Gasteiger partial charge in [-0.1, -0.05) is 109 Å². The van der Waals surface area contributed by atoms with E-state index in [1.807, 2.05) is 55.0 Å². The van der Waals surface area contributed by atoms with Gasteiger partial charge >= 0.3 is 0 Å². The molecule has 13 nitrogen and oxygen atoms in total. The van der Waals surface area contributed by atoms with Crippen molar-refractivity contribution < 1.29 is 0 Å². The predicted octanol–water partition coefficient (Wildman–Crippen LogP) is 12.7. The highest BCUT2D eigenvalue weighted by atomic mass is 15.0. The van der Waals surface area contributed by atoms with Gasteiger partial charge in [-0.25, -0.2) is 39.9 Å². The molecule has 0 saturated carbocycles. The van der Waals surface area contributed by atoms with Crippen molar-refractivity contribution in [3.63, 3.8) is 0 Å². The molecule has 342 valence electrons. The number of aromatic nitrogens is 13. The van der Waals surface area contributed by atoms with E-state index in [0.717, 1.165) is 88.8 Å². The second kappa shape index (κ2) is 18.5. The fraction of sp³-hybridized carbons (Fsp3) is 0. The van der Waals surface area contributed by atoms with Crippen LogP contribution >= 0.6 is 0 Å². The number of H-pyrrole nitrogens is 1. The van der Waals surface area contributed by atoms with E-state index >= 15 is 0 Å². The number of nitrogens with zero attached hydrogens (tertiary/aromatic N) is 12. The molecule has 0 unspecified atom stereocenters. The summed E-state index contributed by atoms with van der Waals surface area (Å²) >= 11 is 0. The number of fused-ring (bicyclic) bond motifs is 2. The summed E-state index contributed by atoms with van der Waals surface area (Å²) < 4.78 is 0. The predicted molar refractivity (Wildman–Crippen MR) is 284 cm³/mol. The van der Waals surface area contributed by atoms with Gasteiger partial charge in [0, 0.05) is 96.0 Å². The van der Waals surface area contributed by atoms with E-state index in [1.54, 1.807) is 55.8 Å². The quantitative estimate of drug-likeness (QED) is 0.138. The molecule has 5 aromatic carbocycles. The van der Waals surface area contributed by atoms with E-state index in [0.29, 0.717) is 45.8 Å². The fourth-order valence-electron chi connectivity index (χ4n) is 9.49. The first kappa shape index (κ1) is 42.7. The van der Waals surface area contributed by atoms with Crippen molar-refractivity contribution in [2.45, 2.75) is 0 Å². The molecular formula is C60H37N13. The van der Waals surface area contributed by atoms with Crippen LogP contribution in [0.5, 0.6) is 0 Å². The van der Waals surface area contributed by atoms with Crippen LogP contribution in [0.1, 0.15) is 0 Å². The van der Waals surface area contributed by atoms with Crippen molar-refractivity contribution in [2.75, 3.05) is 0 Å². The van der Waals surface area contributed by atoms with Crippen LogP contribution in [0.4, 0.5) is 0 Å². The first-order valence-electron chi connectivity index (χ1n) is 23.5. The number of benzene rings is 5. The molecule has 0 atom stereocenters. The highest BCUT2D eigenvalue weighted by Gasteiger charge is 2.24. The van der Waals surface area contributed by atoms with Crippen LogP contribution in [0.2, 0.25) is 0 Å². The third-order valence-corrected chi connectivity index (χ3v) is 12.8. The molecule has 0 saturated heterocycles. The maximum atomic E-state index is 5.27. The fourth-order valence-corrected chi connectivity index (χ4v) is 9.49. The van der Waals surface area contributed by atoms with Crippen molar-refractivity contribution in [1.29, 1.82) is 0 Å². The molecule has 8 heterocycles. The van der Waals surface area contributed by atoms with E-state index in [9.17, 15) is 0 Å². The van der Waals surface area contributed by atoms with Gasteiger partial charge in [0.1, 0.15) is 17.2 Å². The monoisotopic (exact) mass is 939 g/mol. The molecule has 13 rings (SSSR count). The van der Waals surface area contributed by atoms with E-state index in [1.165, 1.54) is 0 Å². The molecule has 0 spiro atoms. The number of hydrogen-bond acceptors (Lipinski definition) is 12. The Balaban J connectivity index is 0.909. The lowest BCUT2D eigenvalue weighted by Gasteiger charge is -2.21. The van der Waals surface area contributed by atoms with Crippen LogP contribution in [-0.2, 0) is 0 Å². The smallest absolute Gasteiger partial charge is 0.179 e. The standard InChI is InChI=1S/C60H37N13/c1-3-11-41-37(9-1)17-19-44(53(41)43-13-5-6-14-48(43)58-68-31-32-69-58)45-20-18-38-10-2-4-12-42(38)54(45)56-47(16-8-25-65-56)46-15-7-24-64-55(46)39-21-26-62-51(33-39)60-67-28-23-50(73-60)49-22-27-66-57(72-49)40-34-70-59(71-35-40)52-36-61-29-30-63-52/h1-36H,(H,68,69). The Morgan fingerprint density at radius 2 is 0.932 bits per heavy atom. The average Bonchev–Trinajstić information content (AvgIpc) is 4.03. The minimum absolute atomic E-state index is 0.427. The highest BCUT2D eigenvalue weighted by Crippen LogP contribution is 2.48. The van der Waals surface area contributed by atoms with Gasteiger partial charge in [0.15, 0.2) is 17.5 Å². The second-order valence-corrected chi connectivity index (χ2v) is 17.0. The van der Waals surface area contributed by atoms with Crippen LogP contribution in [0, 0.1) is 0 Å². The molecule has 1 N–H and O–H groups in total. The Morgan fingerprint density at radius 3 is 1.66 bits per heavy atom. The summed E-state index contributed by atoms with van der Waals surface area (Å²) in [6, 6.07) is 50.2. The van der Waals surface area contributed by atoms with E-state index in [-0.39, 0.29) is 0 Å². The van der Waals surface area contributed by atoms with Crippen LogP contribution in [0.15, 0.2) is 220 Å². The Morgan fingerprint density at radius 1 is 0.315 bits per heavy atom. The van der Waals surface area contributed by atoms with Crippen LogP contribution < -0.4 is 0 Å². The van der Waals surface area contributed by atoms with Crippen molar-refractivity contribution in [3.05, 3.63) is 220 Å². The van der Waals surface area contributed by atoms with E-state index < -0.39 is 0 Å². The lowest BCUT2D eigenvalue weighted by atomic mass is 9.83. The van der Waals surface area contributed by atoms with Crippen molar-refractivity contribution >= 4 is 21.5 Å². The zero-order valence-corrected chi connectivity index (χ0v) is 38.7. The molecule has 13 heteroatoms. The molecule has 0 radical (unpaired) electrons. The number of imidazole rings is 1. The van der Waals surface area contributed by atoms with Crippen molar-refractivity contribution in [3.8, 4) is 113 Å². The van der Waals surface area contributed by atoms with Crippen LogP contribution in [0.25, 0.3) is 135 Å². The van der Waals surface area contributed by atoms with Gasteiger partial charge < -0.3 is 4.98 Å². The molecule has 0 fully saturated rings. The summed E-state index contributed by atoms with van der Waals surface area (Å²) in [4.78, 5) is 59.5. The molecule has 0 bridgehead atoms. The Bertz CT molecular complexity index is 4160. The van der Waals surface area contributed by atoms with Gasteiger partial charge in [0.2, 0.25) is 0 Å². The zero-order valence-electron chi connectivity index (χ0n) is 38.7. The molecule has 13 aromatic rings. The van der Waals surface area contributed by atoms with Gasteiger partial charge in [0.05, 0.1) is 34.5 Å². The third-order valence-electron chi connectivity index (χ3n) is 12.8. The molecular weight excluding hydrogens is 903 g/mol. The summed E-state index contributed by atoms with van der Waals surface area (Å²) in [5.74, 6) is 2.13. The SMILES string of the molecule is c1ccc(-c2c(-c3ccc4ccccc4c3-c3ncccc3-c3cccnc3-c3ccnc(-c4nccc(-c5ccnc(-c6cnc(-c7cnccn7)nc6)n5)n4)c3)ccc3ccccc23)c(-c2ncc[nH]2)c1. The zero-order chi connectivity index (χ0) is 48.5. The molecule has 0 aliphatic heterocycles. The average molecular weight is 940 g/mol. The van der Waals surface area contributed by atoms with E-state index in [2.05, 4.69) is 144 Å². The Labute approximate surface area is 417 Å². The Kier molecular flexibility index (Phi) is 10.8. The summed E-state index contributed by atoms with van der Waals surface area (Å²) in [7, 11) is 0. The molecule has 73 heavy (non-hydrogen) atoms. The lowest BCUT2D eigenvalue weighted by molar-refractivity contribution is 1.09. The topological polar surface area (TPSA) is 170 Å². The van der Waals surface area contributed by atoms with Gasteiger partial charge in [0.25, 0.3) is 0 Å². The molecule has 0 aliphatic rings. The normalized spacial score (nSPS) is 11.3. The summed E-state index contributed by atoms with van der Waals surface area (Å²) in [5.41, 5.74) is 13.5. The number of rotatable bonds is 10. The van der Waals surface area contributed by atoms with Crippen LogP contribution in [-0.4, -0.2) is 64.8 Å². The minimum Gasteiger partial charge on any atom is -0.345 e. The maximum absolute atomic E-state index is 5.27. The van der Waals surface area contributed by atoms with Gasteiger partial charge in [-0.2, -0.15) is 0 Å². The lowest BCUT2D eigenvalue weighted by Crippen LogP contribution is -1.99. The van der Waals surface area contributed by atoms with Gasteiger partial charge in [-0.15, -0.1) is 0 Å². The van der Waals surface area contributed by atoms with Crippen molar-refractivity contribution in [1.82, 2.24) is 64.8 Å². The number of hydrogen-bond donors (Lipinski definition) is 1. The van der Waals surface area contributed by atoms with Gasteiger partial charge in [-0.3, -0.25) is 19.9 Å². The maximum Gasteiger partial charge on any atom is 0.179 e. The molecule has 8 aromatic heterocycles.